The summed E-state index contributed by atoms with van der Waals surface area (Å²) in [7, 11) is 0. The highest BCUT2D eigenvalue weighted by molar-refractivity contribution is 7.11. The van der Waals surface area contributed by atoms with Gasteiger partial charge in [-0.3, -0.25) is 0 Å². The third kappa shape index (κ3) is 3.31. The van der Waals surface area contributed by atoms with Crippen molar-refractivity contribution in [3.8, 4) is 0 Å². The van der Waals surface area contributed by atoms with Gasteiger partial charge in [0.15, 0.2) is 0 Å². The SMILES string of the molecule is CCCc1nc(Cc2cccc(Cl)c2)sc1CN. The molecule has 2 nitrogen and oxygen atoms in total. The fourth-order valence-corrected chi connectivity index (χ4v) is 3.17. The van der Waals surface area contributed by atoms with Gasteiger partial charge in [0.25, 0.3) is 0 Å². The van der Waals surface area contributed by atoms with E-state index in [0.717, 1.165) is 29.3 Å². The molecule has 0 radical (unpaired) electrons. The van der Waals surface area contributed by atoms with E-state index in [4.69, 9.17) is 22.3 Å². The van der Waals surface area contributed by atoms with Gasteiger partial charge in [0.1, 0.15) is 0 Å². The van der Waals surface area contributed by atoms with Gasteiger partial charge in [0.05, 0.1) is 10.7 Å². The molecular weight excluding hydrogens is 264 g/mol. The Labute approximate surface area is 117 Å². The van der Waals surface area contributed by atoms with E-state index in [2.05, 4.69) is 13.0 Å². The Kier molecular flexibility index (Phi) is 4.75. The molecule has 0 fully saturated rings. The molecule has 0 aliphatic carbocycles. The predicted molar refractivity (Wildman–Crippen MR) is 78.3 cm³/mol. The van der Waals surface area contributed by atoms with Gasteiger partial charge in [-0.2, -0.15) is 0 Å². The van der Waals surface area contributed by atoms with Gasteiger partial charge in [0.2, 0.25) is 0 Å². The van der Waals surface area contributed by atoms with Crippen molar-refractivity contribution in [2.24, 2.45) is 5.73 Å². The number of aromatic nitrogens is 1. The first-order chi connectivity index (χ1) is 8.72. The molecule has 96 valence electrons. The number of nitrogens with zero attached hydrogens (tertiary/aromatic N) is 1. The second kappa shape index (κ2) is 6.32. The zero-order valence-electron chi connectivity index (χ0n) is 10.4. The standard InChI is InChI=1S/C14H17ClN2S/c1-2-4-12-13(9-16)18-14(17-12)8-10-5-3-6-11(15)7-10/h3,5-7H,2,4,8-9,16H2,1H3. The lowest BCUT2D eigenvalue weighted by Crippen LogP contribution is -1.98. The van der Waals surface area contributed by atoms with Crippen LogP contribution in [0, 0.1) is 0 Å². The number of benzene rings is 1. The van der Waals surface area contributed by atoms with E-state index in [1.54, 1.807) is 11.3 Å². The summed E-state index contributed by atoms with van der Waals surface area (Å²) in [6.07, 6.45) is 2.95. The van der Waals surface area contributed by atoms with Gasteiger partial charge >= 0.3 is 0 Å². The van der Waals surface area contributed by atoms with Crippen LogP contribution in [-0.2, 0) is 19.4 Å². The molecule has 0 atom stereocenters. The summed E-state index contributed by atoms with van der Waals surface area (Å²) >= 11 is 7.71. The lowest BCUT2D eigenvalue weighted by Gasteiger charge is -1.98. The molecule has 0 saturated carbocycles. The molecule has 0 bridgehead atoms. The van der Waals surface area contributed by atoms with E-state index in [-0.39, 0.29) is 0 Å². The van der Waals surface area contributed by atoms with E-state index in [1.165, 1.54) is 16.1 Å². The third-order valence-electron chi connectivity index (χ3n) is 2.74. The van der Waals surface area contributed by atoms with Crippen LogP contribution in [0.2, 0.25) is 5.02 Å². The highest BCUT2D eigenvalue weighted by Crippen LogP contribution is 2.23. The normalized spacial score (nSPS) is 10.8. The number of hydrogen-bond acceptors (Lipinski definition) is 3. The van der Waals surface area contributed by atoms with Gasteiger partial charge in [-0.15, -0.1) is 11.3 Å². The fourth-order valence-electron chi connectivity index (χ4n) is 1.93. The average molecular weight is 281 g/mol. The summed E-state index contributed by atoms with van der Waals surface area (Å²) < 4.78 is 0. The lowest BCUT2D eigenvalue weighted by molar-refractivity contribution is 0.863. The zero-order chi connectivity index (χ0) is 13.0. The van der Waals surface area contributed by atoms with Gasteiger partial charge in [0, 0.05) is 22.9 Å². The highest BCUT2D eigenvalue weighted by atomic mass is 35.5. The Morgan fingerprint density at radius 1 is 1.39 bits per heavy atom. The van der Waals surface area contributed by atoms with Gasteiger partial charge in [-0.05, 0) is 24.1 Å². The largest absolute Gasteiger partial charge is 0.326 e. The molecule has 0 saturated heterocycles. The van der Waals surface area contributed by atoms with E-state index in [1.807, 2.05) is 18.2 Å². The van der Waals surface area contributed by atoms with Crippen LogP contribution >= 0.6 is 22.9 Å². The fraction of sp³-hybridized carbons (Fsp3) is 0.357. The second-order valence-corrected chi connectivity index (χ2v) is 5.84. The van der Waals surface area contributed by atoms with Gasteiger partial charge in [-0.25, -0.2) is 4.98 Å². The molecule has 4 heteroatoms. The Hall–Kier alpha value is -0.900. The number of nitrogens with two attached hydrogens (primary N) is 1. The Bertz CT molecular complexity index is 522. The van der Waals surface area contributed by atoms with Crippen LogP contribution in [0.25, 0.3) is 0 Å². The Morgan fingerprint density at radius 3 is 2.89 bits per heavy atom. The molecule has 2 N–H and O–H groups in total. The number of thiazole rings is 1. The topological polar surface area (TPSA) is 38.9 Å². The van der Waals surface area contributed by atoms with Crippen molar-refractivity contribution in [3.63, 3.8) is 0 Å². The molecule has 0 unspecified atom stereocenters. The van der Waals surface area contributed by atoms with Gasteiger partial charge < -0.3 is 5.73 Å². The minimum Gasteiger partial charge on any atom is -0.326 e. The molecule has 0 aliphatic rings. The quantitative estimate of drug-likeness (QED) is 0.905. The van der Waals surface area contributed by atoms with Crippen LogP contribution < -0.4 is 5.73 Å². The molecule has 0 amide bonds. The average Bonchev–Trinajstić information content (AvgIpc) is 2.72. The molecule has 0 aliphatic heterocycles. The summed E-state index contributed by atoms with van der Waals surface area (Å²) in [5.41, 5.74) is 8.13. The van der Waals surface area contributed by atoms with E-state index in [0.29, 0.717) is 6.54 Å². The van der Waals surface area contributed by atoms with Crippen molar-refractivity contribution in [3.05, 3.63) is 50.4 Å². The number of halogens is 1. The summed E-state index contributed by atoms with van der Waals surface area (Å²) in [5.74, 6) is 0. The summed E-state index contributed by atoms with van der Waals surface area (Å²) in [4.78, 5) is 5.91. The van der Waals surface area contributed by atoms with Crippen LogP contribution in [0.3, 0.4) is 0 Å². The van der Waals surface area contributed by atoms with Crippen molar-refractivity contribution >= 4 is 22.9 Å². The number of rotatable bonds is 5. The molecule has 2 rings (SSSR count). The van der Waals surface area contributed by atoms with Crippen LogP contribution in [0.5, 0.6) is 0 Å². The van der Waals surface area contributed by atoms with Crippen LogP contribution in [0.15, 0.2) is 24.3 Å². The summed E-state index contributed by atoms with van der Waals surface area (Å²) in [6.45, 7) is 2.75. The maximum absolute atomic E-state index is 5.99. The first kappa shape index (κ1) is 13.5. The van der Waals surface area contributed by atoms with E-state index < -0.39 is 0 Å². The summed E-state index contributed by atoms with van der Waals surface area (Å²) in [6, 6.07) is 7.93. The Morgan fingerprint density at radius 2 is 2.22 bits per heavy atom. The minimum atomic E-state index is 0.586. The van der Waals surface area contributed by atoms with Gasteiger partial charge in [-0.1, -0.05) is 37.1 Å². The van der Waals surface area contributed by atoms with Crippen molar-refractivity contribution in [2.75, 3.05) is 0 Å². The predicted octanol–water partition coefficient (Wildman–Crippen LogP) is 3.80. The smallest absolute Gasteiger partial charge is 0.0975 e. The molecule has 18 heavy (non-hydrogen) atoms. The van der Waals surface area contributed by atoms with Crippen molar-refractivity contribution in [2.45, 2.75) is 32.7 Å². The lowest BCUT2D eigenvalue weighted by atomic mass is 10.1. The molecule has 1 aromatic carbocycles. The van der Waals surface area contributed by atoms with Crippen molar-refractivity contribution < 1.29 is 0 Å². The maximum Gasteiger partial charge on any atom is 0.0975 e. The van der Waals surface area contributed by atoms with Crippen molar-refractivity contribution in [1.29, 1.82) is 0 Å². The minimum absolute atomic E-state index is 0.586. The highest BCUT2D eigenvalue weighted by Gasteiger charge is 2.09. The van der Waals surface area contributed by atoms with Crippen LogP contribution in [-0.4, -0.2) is 4.98 Å². The third-order valence-corrected chi connectivity index (χ3v) is 4.09. The van der Waals surface area contributed by atoms with E-state index in [9.17, 15) is 0 Å². The molecule has 1 aromatic heterocycles. The monoisotopic (exact) mass is 280 g/mol. The zero-order valence-corrected chi connectivity index (χ0v) is 12.0. The maximum atomic E-state index is 5.99. The molecule has 2 aromatic rings. The first-order valence-corrected chi connectivity index (χ1v) is 7.34. The van der Waals surface area contributed by atoms with Crippen molar-refractivity contribution in [1.82, 2.24) is 4.98 Å². The number of hydrogen-bond donors (Lipinski definition) is 1. The molecule has 0 spiro atoms. The van der Waals surface area contributed by atoms with Crippen LogP contribution in [0.1, 0.15) is 34.5 Å². The Balaban J connectivity index is 2.19. The molecular formula is C14H17ClN2S. The summed E-state index contributed by atoms with van der Waals surface area (Å²) in [5, 5.41) is 1.90. The number of aryl methyl sites for hydroxylation is 1. The molecule has 1 heterocycles. The van der Waals surface area contributed by atoms with Crippen LogP contribution in [0.4, 0.5) is 0 Å². The second-order valence-electron chi connectivity index (χ2n) is 4.24. The van der Waals surface area contributed by atoms with E-state index >= 15 is 0 Å². The first-order valence-electron chi connectivity index (χ1n) is 6.15.